The number of methoxy groups -OCH3 is 1. The third-order valence-electron chi connectivity index (χ3n) is 3.57. The quantitative estimate of drug-likeness (QED) is 0.499. The van der Waals surface area contributed by atoms with Crippen LogP contribution in [0.2, 0.25) is 5.02 Å². The van der Waals surface area contributed by atoms with Crippen molar-refractivity contribution in [1.82, 2.24) is 5.32 Å². The molecule has 0 heterocycles. The third-order valence-corrected chi connectivity index (χ3v) is 5.26. The molecule has 1 amide bonds. The van der Waals surface area contributed by atoms with Crippen LogP contribution in [0.4, 0.5) is 5.69 Å². The van der Waals surface area contributed by atoms with Crippen LogP contribution in [0, 0.1) is 0 Å². The van der Waals surface area contributed by atoms with Crippen LogP contribution < -0.4 is 19.5 Å². The van der Waals surface area contributed by atoms with Crippen molar-refractivity contribution in [3.8, 4) is 11.5 Å². The molecule has 0 aromatic heterocycles. The molecule has 0 saturated heterocycles. The van der Waals surface area contributed by atoms with E-state index in [0.717, 1.165) is 0 Å². The van der Waals surface area contributed by atoms with Gasteiger partial charge >= 0.3 is 0 Å². The first-order valence-corrected chi connectivity index (χ1v) is 10.2. The fraction of sp³-hybridized carbons (Fsp3) is 0.278. The van der Waals surface area contributed by atoms with Gasteiger partial charge in [0.25, 0.3) is 15.9 Å². The predicted molar refractivity (Wildman–Crippen MR) is 105 cm³/mol. The molecule has 0 spiro atoms. The Bertz CT molecular complexity index is 903. The van der Waals surface area contributed by atoms with Crippen molar-refractivity contribution in [1.29, 1.82) is 0 Å². The monoisotopic (exact) mass is 428 g/mol. The minimum atomic E-state index is -3.82. The molecular weight excluding hydrogens is 408 g/mol. The molecule has 0 aliphatic rings. The Hall–Kier alpha value is -2.49. The second-order valence-electron chi connectivity index (χ2n) is 5.64. The number of sulfonamides is 1. The third kappa shape index (κ3) is 6.29. The summed E-state index contributed by atoms with van der Waals surface area (Å²) in [7, 11) is -2.35. The number of carbonyl (C=O) groups is 1. The summed E-state index contributed by atoms with van der Waals surface area (Å²) in [5.74, 6) is 0.457. The van der Waals surface area contributed by atoms with Gasteiger partial charge in [-0.25, -0.2) is 8.42 Å². The second-order valence-corrected chi connectivity index (χ2v) is 7.73. The Kier molecular flexibility index (Phi) is 7.91. The van der Waals surface area contributed by atoms with Crippen molar-refractivity contribution in [3.63, 3.8) is 0 Å². The van der Waals surface area contributed by atoms with Crippen LogP contribution in [0.1, 0.15) is 6.42 Å². The number of aliphatic hydroxyl groups excluding tert-OH is 1. The molecule has 3 N–H and O–H groups in total. The van der Waals surface area contributed by atoms with E-state index in [2.05, 4.69) is 10.0 Å². The van der Waals surface area contributed by atoms with E-state index in [1.807, 2.05) is 0 Å². The van der Waals surface area contributed by atoms with Crippen LogP contribution in [0.5, 0.6) is 11.5 Å². The fourth-order valence-corrected chi connectivity index (χ4v) is 3.47. The van der Waals surface area contributed by atoms with Gasteiger partial charge in [-0.1, -0.05) is 11.6 Å². The highest BCUT2D eigenvalue weighted by atomic mass is 35.5. The van der Waals surface area contributed by atoms with Gasteiger partial charge in [0.2, 0.25) is 0 Å². The summed E-state index contributed by atoms with van der Waals surface area (Å²) < 4.78 is 37.7. The summed E-state index contributed by atoms with van der Waals surface area (Å²) in [5.41, 5.74) is 0.297. The van der Waals surface area contributed by atoms with Crippen molar-refractivity contribution >= 4 is 33.2 Å². The number of benzene rings is 2. The van der Waals surface area contributed by atoms with E-state index in [1.165, 1.54) is 43.5 Å². The molecule has 2 aromatic rings. The summed E-state index contributed by atoms with van der Waals surface area (Å²) in [6.45, 7) is 0.144. The molecule has 0 aliphatic carbocycles. The maximum Gasteiger partial charge on any atom is 0.261 e. The molecule has 2 rings (SSSR count). The van der Waals surface area contributed by atoms with Crippen LogP contribution in [0.15, 0.2) is 47.4 Å². The van der Waals surface area contributed by atoms with Gasteiger partial charge < -0.3 is 19.9 Å². The van der Waals surface area contributed by atoms with E-state index in [1.54, 1.807) is 6.07 Å². The smallest absolute Gasteiger partial charge is 0.261 e. The summed E-state index contributed by atoms with van der Waals surface area (Å²) in [6.07, 6.45) is 0.463. The first-order chi connectivity index (χ1) is 13.4. The zero-order valence-corrected chi connectivity index (χ0v) is 16.7. The number of ether oxygens (including phenoxy) is 2. The minimum absolute atomic E-state index is 0.00611. The molecule has 152 valence electrons. The van der Waals surface area contributed by atoms with Gasteiger partial charge in [-0.2, -0.15) is 0 Å². The van der Waals surface area contributed by atoms with E-state index in [-0.39, 0.29) is 29.0 Å². The molecule has 0 atom stereocenters. The molecular formula is C18H21ClN2O6S. The van der Waals surface area contributed by atoms with Crippen LogP contribution >= 0.6 is 11.6 Å². The molecule has 0 fully saturated rings. The number of carbonyl (C=O) groups excluding carboxylic acids is 1. The average molecular weight is 429 g/mol. The number of rotatable bonds is 10. The van der Waals surface area contributed by atoms with Gasteiger partial charge in [0.1, 0.15) is 11.5 Å². The Morgan fingerprint density at radius 1 is 1.18 bits per heavy atom. The van der Waals surface area contributed by atoms with Crippen LogP contribution in [-0.2, 0) is 14.8 Å². The highest BCUT2D eigenvalue weighted by Gasteiger charge is 2.15. The highest BCUT2D eigenvalue weighted by Crippen LogP contribution is 2.28. The van der Waals surface area contributed by atoms with Crippen LogP contribution in [0.25, 0.3) is 0 Å². The van der Waals surface area contributed by atoms with Crippen LogP contribution in [-0.4, -0.2) is 46.3 Å². The number of anilines is 1. The predicted octanol–water partition coefficient (Wildman–Crippen LogP) is 2.03. The molecule has 8 nitrogen and oxygen atoms in total. The Morgan fingerprint density at radius 2 is 1.89 bits per heavy atom. The fourth-order valence-electron chi connectivity index (χ4n) is 2.17. The lowest BCUT2D eigenvalue weighted by Gasteiger charge is -2.11. The maximum absolute atomic E-state index is 12.5. The summed E-state index contributed by atoms with van der Waals surface area (Å²) in [5, 5.41) is 11.5. The lowest BCUT2D eigenvalue weighted by atomic mass is 10.3. The molecule has 0 radical (unpaired) electrons. The number of aliphatic hydroxyl groups is 1. The number of amides is 1. The van der Waals surface area contributed by atoms with Gasteiger partial charge in [0.15, 0.2) is 6.61 Å². The first kappa shape index (κ1) is 21.8. The zero-order chi connectivity index (χ0) is 20.6. The number of nitrogens with one attached hydrogen (secondary N) is 2. The SMILES string of the molecule is COc1ccc(NS(=O)(=O)c2ccc(OCC(=O)NCCCO)cc2)cc1Cl. The lowest BCUT2D eigenvalue weighted by molar-refractivity contribution is -0.123. The van der Waals surface area contributed by atoms with Gasteiger partial charge in [-0.05, 0) is 48.9 Å². The van der Waals surface area contributed by atoms with Gasteiger partial charge in [0, 0.05) is 13.2 Å². The summed E-state index contributed by atoms with van der Waals surface area (Å²) in [4.78, 5) is 11.6. The highest BCUT2D eigenvalue weighted by molar-refractivity contribution is 7.92. The Balaban J connectivity index is 1.97. The van der Waals surface area contributed by atoms with E-state index >= 15 is 0 Å². The van der Waals surface area contributed by atoms with E-state index in [0.29, 0.717) is 30.2 Å². The van der Waals surface area contributed by atoms with E-state index < -0.39 is 10.0 Å². The first-order valence-electron chi connectivity index (χ1n) is 8.32. The number of hydrogen-bond donors (Lipinski definition) is 3. The van der Waals surface area contributed by atoms with Crippen molar-refractivity contribution < 1.29 is 27.8 Å². The molecule has 10 heteroatoms. The number of halogens is 1. The molecule has 0 aliphatic heterocycles. The summed E-state index contributed by atoms with van der Waals surface area (Å²) >= 11 is 6.00. The largest absolute Gasteiger partial charge is 0.495 e. The van der Waals surface area contributed by atoms with E-state index in [9.17, 15) is 13.2 Å². The molecule has 0 saturated carbocycles. The van der Waals surface area contributed by atoms with Crippen molar-refractivity contribution in [2.24, 2.45) is 0 Å². The molecule has 2 aromatic carbocycles. The topological polar surface area (TPSA) is 114 Å². The van der Waals surface area contributed by atoms with Gasteiger partial charge in [0.05, 0.1) is 22.7 Å². The second kappa shape index (κ2) is 10.2. The van der Waals surface area contributed by atoms with Crippen molar-refractivity contribution in [2.75, 3.05) is 31.6 Å². The van der Waals surface area contributed by atoms with Gasteiger partial charge in [-0.3, -0.25) is 9.52 Å². The van der Waals surface area contributed by atoms with E-state index in [4.69, 9.17) is 26.2 Å². The molecule has 0 unspecified atom stereocenters. The Morgan fingerprint density at radius 3 is 2.50 bits per heavy atom. The molecule has 28 heavy (non-hydrogen) atoms. The van der Waals surface area contributed by atoms with Crippen molar-refractivity contribution in [3.05, 3.63) is 47.5 Å². The normalized spacial score (nSPS) is 11.0. The maximum atomic E-state index is 12.5. The van der Waals surface area contributed by atoms with Crippen molar-refractivity contribution in [2.45, 2.75) is 11.3 Å². The number of hydrogen-bond acceptors (Lipinski definition) is 6. The minimum Gasteiger partial charge on any atom is -0.495 e. The average Bonchev–Trinajstić information content (AvgIpc) is 2.67. The van der Waals surface area contributed by atoms with Crippen LogP contribution in [0.3, 0.4) is 0 Å². The zero-order valence-electron chi connectivity index (χ0n) is 15.1. The van der Waals surface area contributed by atoms with Gasteiger partial charge in [-0.15, -0.1) is 0 Å². The summed E-state index contributed by atoms with van der Waals surface area (Å²) in [6, 6.07) is 10.2. The standard InChI is InChI=1S/C18H21ClN2O6S/c1-26-17-8-3-13(11-16(17)19)21-28(24,25)15-6-4-14(5-7-15)27-12-18(23)20-9-2-10-22/h3-8,11,21-22H,2,9-10,12H2,1H3,(H,20,23). The molecule has 0 bridgehead atoms. The lowest BCUT2D eigenvalue weighted by Crippen LogP contribution is -2.30. The Labute approximate surface area is 168 Å².